The summed E-state index contributed by atoms with van der Waals surface area (Å²) in [5.74, 6) is 0.196. The molecular formula is C17H26N2OS. The average molecular weight is 306 g/mol. The molecule has 0 saturated heterocycles. The molecule has 0 aromatic heterocycles. The van der Waals surface area contributed by atoms with Crippen molar-refractivity contribution in [3.8, 4) is 0 Å². The summed E-state index contributed by atoms with van der Waals surface area (Å²) in [6.45, 7) is 6.49. The van der Waals surface area contributed by atoms with Gasteiger partial charge in [-0.05, 0) is 56.4 Å². The highest BCUT2D eigenvalue weighted by Gasteiger charge is 2.27. The molecule has 3 nitrogen and oxygen atoms in total. The van der Waals surface area contributed by atoms with E-state index in [1.54, 1.807) is 0 Å². The van der Waals surface area contributed by atoms with Crippen LogP contribution in [0.1, 0.15) is 45.1 Å². The molecule has 0 heterocycles. The molecule has 116 valence electrons. The van der Waals surface area contributed by atoms with Crippen molar-refractivity contribution >= 4 is 23.4 Å². The van der Waals surface area contributed by atoms with Crippen LogP contribution in [0.15, 0.2) is 23.1 Å². The second-order valence-corrected chi connectivity index (χ2v) is 7.58. The van der Waals surface area contributed by atoms with E-state index in [1.807, 2.05) is 17.8 Å². The number of benzene rings is 1. The topological polar surface area (TPSA) is 55.1 Å². The Labute approximate surface area is 132 Å². The van der Waals surface area contributed by atoms with Crippen LogP contribution in [0.2, 0.25) is 0 Å². The summed E-state index contributed by atoms with van der Waals surface area (Å²) >= 11 is 1.88. The molecule has 1 saturated carbocycles. The number of amides is 1. The lowest BCUT2D eigenvalue weighted by molar-refractivity contribution is -0.119. The molecule has 0 bridgehead atoms. The van der Waals surface area contributed by atoms with E-state index in [0.717, 1.165) is 36.9 Å². The standard InChI is InChI=1S/C17H26N2OS/c1-4-12(3)21-15-7-8-16(11(2)9-15)19-17(20)13-5-6-14(18)10-13/h7-9,12-14H,4-6,10,18H2,1-3H3,(H,19,20). The normalized spacial score (nSPS) is 23.0. The number of thioether (sulfide) groups is 1. The Hall–Kier alpha value is -1.00. The van der Waals surface area contributed by atoms with Crippen molar-refractivity contribution in [2.24, 2.45) is 11.7 Å². The maximum atomic E-state index is 12.2. The van der Waals surface area contributed by atoms with Crippen molar-refractivity contribution in [2.75, 3.05) is 5.32 Å². The number of aryl methyl sites for hydroxylation is 1. The van der Waals surface area contributed by atoms with Gasteiger partial charge >= 0.3 is 0 Å². The van der Waals surface area contributed by atoms with E-state index in [9.17, 15) is 4.79 Å². The number of hydrogen-bond donors (Lipinski definition) is 2. The first-order valence-corrected chi connectivity index (χ1v) is 8.71. The van der Waals surface area contributed by atoms with Crippen molar-refractivity contribution in [2.45, 2.75) is 62.6 Å². The van der Waals surface area contributed by atoms with Crippen LogP contribution in [0.3, 0.4) is 0 Å². The molecule has 3 atom stereocenters. The molecule has 4 heteroatoms. The van der Waals surface area contributed by atoms with E-state index in [1.165, 1.54) is 4.90 Å². The van der Waals surface area contributed by atoms with Crippen LogP contribution in [0.5, 0.6) is 0 Å². The molecule has 1 aromatic rings. The Balaban J connectivity index is 1.99. The Morgan fingerprint density at radius 2 is 2.24 bits per heavy atom. The molecule has 1 aliphatic rings. The third-order valence-electron chi connectivity index (χ3n) is 4.21. The number of rotatable bonds is 5. The van der Waals surface area contributed by atoms with E-state index >= 15 is 0 Å². The summed E-state index contributed by atoms with van der Waals surface area (Å²) in [5, 5.41) is 3.68. The fourth-order valence-corrected chi connectivity index (χ4v) is 3.68. The smallest absolute Gasteiger partial charge is 0.227 e. The van der Waals surface area contributed by atoms with Gasteiger partial charge in [0.1, 0.15) is 0 Å². The van der Waals surface area contributed by atoms with Gasteiger partial charge < -0.3 is 11.1 Å². The first kappa shape index (κ1) is 16.4. The number of nitrogens with two attached hydrogens (primary N) is 1. The molecule has 2 rings (SSSR count). The second-order valence-electron chi connectivity index (χ2n) is 6.07. The highest BCUT2D eigenvalue weighted by atomic mass is 32.2. The monoisotopic (exact) mass is 306 g/mol. The fraction of sp³-hybridized carbons (Fsp3) is 0.588. The molecule has 0 spiro atoms. The maximum absolute atomic E-state index is 12.2. The minimum absolute atomic E-state index is 0.0774. The molecular weight excluding hydrogens is 280 g/mol. The first-order valence-electron chi connectivity index (χ1n) is 7.83. The van der Waals surface area contributed by atoms with E-state index in [-0.39, 0.29) is 17.9 Å². The van der Waals surface area contributed by atoms with Crippen molar-refractivity contribution in [3.05, 3.63) is 23.8 Å². The van der Waals surface area contributed by atoms with Gasteiger partial charge in [0.15, 0.2) is 0 Å². The van der Waals surface area contributed by atoms with E-state index in [0.29, 0.717) is 5.25 Å². The van der Waals surface area contributed by atoms with Crippen LogP contribution in [-0.2, 0) is 4.79 Å². The largest absolute Gasteiger partial charge is 0.328 e. The molecule has 21 heavy (non-hydrogen) atoms. The molecule has 3 N–H and O–H groups in total. The third kappa shape index (κ3) is 4.48. The second kappa shape index (κ2) is 7.32. The number of anilines is 1. The van der Waals surface area contributed by atoms with Crippen LogP contribution in [-0.4, -0.2) is 17.2 Å². The fourth-order valence-electron chi connectivity index (χ4n) is 2.65. The van der Waals surface area contributed by atoms with Gasteiger partial charge in [-0.25, -0.2) is 0 Å². The molecule has 0 radical (unpaired) electrons. The minimum atomic E-state index is 0.0774. The highest BCUT2D eigenvalue weighted by Crippen LogP contribution is 2.30. The van der Waals surface area contributed by atoms with Gasteiger partial charge in [-0.2, -0.15) is 0 Å². The van der Waals surface area contributed by atoms with Gasteiger partial charge in [-0.15, -0.1) is 11.8 Å². The molecule has 1 aromatic carbocycles. The zero-order chi connectivity index (χ0) is 15.4. The predicted octanol–water partition coefficient (Wildman–Crippen LogP) is 3.95. The van der Waals surface area contributed by atoms with Gasteiger partial charge in [0.25, 0.3) is 0 Å². The zero-order valence-corrected chi connectivity index (χ0v) is 14.0. The molecule has 3 unspecified atom stereocenters. The van der Waals surface area contributed by atoms with Crippen molar-refractivity contribution in [1.29, 1.82) is 0 Å². The van der Waals surface area contributed by atoms with E-state index in [4.69, 9.17) is 5.73 Å². The minimum Gasteiger partial charge on any atom is -0.328 e. The summed E-state index contributed by atoms with van der Waals surface area (Å²) in [6, 6.07) is 6.47. The number of nitrogens with one attached hydrogen (secondary N) is 1. The van der Waals surface area contributed by atoms with Crippen LogP contribution < -0.4 is 11.1 Å². The van der Waals surface area contributed by atoms with Crippen LogP contribution >= 0.6 is 11.8 Å². The third-order valence-corrected chi connectivity index (χ3v) is 5.47. The highest BCUT2D eigenvalue weighted by molar-refractivity contribution is 7.99. The lowest BCUT2D eigenvalue weighted by atomic mass is 10.1. The first-order chi connectivity index (χ1) is 9.99. The van der Waals surface area contributed by atoms with Gasteiger partial charge in [-0.3, -0.25) is 4.79 Å². The Bertz CT molecular complexity index is 504. The van der Waals surface area contributed by atoms with Crippen molar-refractivity contribution in [3.63, 3.8) is 0 Å². The Morgan fingerprint density at radius 3 is 2.81 bits per heavy atom. The van der Waals surface area contributed by atoms with Crippen LogP contribution in [0.25, 0.3) is 0 Å². The van der Waals surface area contributed by atoms with Crippen molar-refractivity contribution < 1.29 is 4.79 Å². The van der Waals surface area contributed by atoms with Crippen LogP contribution in [0.4, 0.5) is 5.69 Å². The summed E-state index contributed by atoms with van der Waals surface area (Å²) in [5.41, 5.74) is 7.93. The summed E-state index contributed by atoms with van der Waals surface area (Å²) < 4.78 is 0. The zero-order valence-electron chi connectivity index (χ0n) is 13.2. The number of carbonyl (C=O) groups is 1. The molecule has 1 aliphatic carbocycles. The van der Waals surface area contributed by atoms with E-state index < -0.39 is 0 Å². The van der Waals surface area contributed by atoms with Crippen molar-refractivity contribution in [1.82, 2.24) is 0 Å². The SMILES string of the molecule is CCC(C)Sc1ccc(NC(=O)C2CCC(N)C2)c(C)c1. The maximum Gasteiger partial charge on any atom is 0.227 e. The van der Waals surface area contributed by atoms with Gasteiger partial charge in [0.05, 0.1) is 0 Å². The Morgan fingerprint density at radius 1 is 1.48 bits per heavy atom. The summed E-state index contributed by atoms with van der Waals surface area (Å²) in [7, 11) is 0. The summed E-state index contributed by atoms with van der Waals surface area (Å²) in [4.78, 5) is 13.5. The molecule has 1 fully saturated rings. The summed E-state index contributed by atoms with van der Waals surface area (Å²) in [6.07, 6.45) is 3.84. The molecule has 0 aliphatic heterocycles. The Kier molecular flexibility index (Phi) is 5.71. The number of hydrogen-bond acceptors (Lipinski definition) is 3. The quantitative estimate of drug-likeness (QED) is 0.810. The number of carbonyl (C=O) groups excluding carboxylic acids is 1. The lowest BCUT2D eigenvalue weighted by Gasteiger charge is -2.14. The van der Waals surface area contributed by atoms with E-state index in [2.05, 4.69) is 38.2 Å². The lowest BCUT2D eigenvalue weighted by Crippen LogP contribution is -2.23. The average Bonchev–Trinajstić information content (AvgIpc) is 2.88. The van der Waals surface area contributed by atoms with Gasteiger partial charge in [0.2, 0.25) is 5.91 Å². The van der Waals surface area contributed by atoms with Gasteiger partial charge in [-0.1, -0.05) is 13.8 Å². The van der Waals surface area contributed by atoms with Crippen LogP contribution in [0, 0.1) is 12.8 Å². The molecule has 1 amide bonds. The van der Waals surface area contributed by atoms with Gasteiger partial charge in [0, 0.05) is 27.8 Å². The predicted molar refractivity (Wildman–Crippen MR) is 90.7 cm³/mol.